The van der Waals surface area contributed by atoms with Crippen LogP contribution < -0.4 is 5.73 Å². The van der Waals surface area contributed by atoms with Gasteiger partial charge in [0.1, 0.15) is 5.54 Å². The summed E-state index contributed by atoms with van der Waals surface area (Å²) in [5.41, 5.74) is 7.48. The first kappa shape index (κ1) is 11.6. The molecule has 86 valence electrons. The summed E-state index contributed by atoms with van der Waals surface area (Å²) in [6.45, 7) is 2.16. The van der Waals surface area contributed by atoms with Crippen molar-refractivity contribution < 1.29 is 9.53 Å². The molecule has 0 radical (unpaired) electrons. The first-order valence-electron chi connectivity index (χ1n) is 5.29. The summed E-state index contributed by atoms with van der Waals surface area (Å²) < 4.78 is 6.04. The second-order valence-corrected chi connectivity index (χ2v) is 4.96. The standard InChI is InChI=1S/C12H14BrNO2/c1-2-16-11(15)12(14)6-8-4-3-5-10(13)9(8)7-12/h3-5H,2,6-7,14H2,1H3. The molecule has 16 heavy (non-hydrogen) atoms. The maximum atomic E-state index is 11.8. The number of benzene rings is 1. The zero-order chi connectivity index (χ0) is 11.8. The topological polar surface area (TPSA) is 52.3 Å². The highest BCUT2D eigenvalue weighted by atomic mass is 79.9. The summed E-state index contributed by atoms with van der Waals surface area (Å²) in [5.74, 6) is -0.307. The van der Waals surface area contributed by atoms with Crippen LogP contribution in [0.3, 0.4) is 0 Å². The minimum absolute atomic E-state index is 0.307. The van der Waals surface area contributed by atoms with Gasteiger partial charge in [-0.25, -0.2) is 0 Å². The monoisotopic (exact) mass is 283 g/mol. The van der Waals surface area contributed by atoms with Gasteiger partial charge in [0.15, 0.2) is 0 Å². The third kappa shape index (κ3) is 1.87. The van der Waals surface area contributed by atoms with E-state index in [9.17, 15) is 4.79 Å². The lowest BCUT2D eigenvalue weighted by atomic mass is 9.98. The van der Waals surface area contributed by atoms with Gasteiger partial charge in [-0.15, -0.1) is 0 Å². The molecule has 1 aliphatic carbocycles. The number of esters is 1. The highest BCUT2D eigenvalue weighted by Gasteiger charge is 2.42. The summed E-state index contributed by atoms with van der Waals surface area (Å²) in [7, 11) is 0. The molecule has 4 heteroatoms. The fourth-order valence-corrected chi connectivity index (χ4v) is 2.65. The number of rotatable bonds is 2. The van der Waals surface area contributed by atoms with Crippen molar-refractivity contribution in [2.75, 3.05) is 6.61 Å². The molecule has 0 saturated carbocycles. The van der Waals surface area contributed by atoms with Gasteiger partial charge in [-0.2, -0.15) is 0 Å². The highest BCUT2D eigenvalue weighted by molar-refractivity contribution is 9.10. The fraction of sp³-hybridized carbons (Fsp3) is 0.417. The summed E-state index contributed by atoms with van der Waals surface area (Å²) >= 11 is 3.48. The molecule has 1 aromatic carbocycles. The van der Waals surface area contributed by atoms with Crippen molar-refractivity contribution in [2.24, 2.45) is 5.73 Å². The molecule has 0 aliphatic heterocycles. The molecular formula is C12H14BrNO2. The molecule has 0 saturated heterocycles. The predicted octanol–water partition coefficient (Wildman–Crippen LogP) is 1.81. The van der Waals surface area contributed by atoms with E-state index in [-0.39, 0.29) is 5.97 Å². The number of carbonyl (C=O) groups excluding carboxylic acids is 1. The average molecular weight is 284 g/mol. The number of carbonyl (C=O) groups is 1. The van der Waals surface area contributed by atoms with E-state index in [2.05, 4.69) is 15.9 Å². The van der Waals surface area contributed by atoms with Gasteiger partial charge in [0.2, 0.25) is 0 Å². The van der Waals surface area contributed by atoms with E-state index in [1.54, 1.807) is 6.92 Å². The summed E-state index contributed by atoms with van der Waals surface area (Å²) in [5, 5.41) is 0. The second-order valence-electron chi connectivity index (χ2n) is 4.11. The molecule has 0 bridgehead atoms. The number of fused-ring (bicyclic) bond motifs is 1. The van der Waals surface area contributed by atoms with Crippen molar-refractivity contribution in [1.29, 1.82) is 0 Å². The van der Waals surface area contributed by atoms with Gasteiger partial charge in [-0.05, 0) is 24.1 Å². The minimum Gasteiger partial charge on any atom is -0.465 e. The quantitative estimate of drug-likeness (QED) is 0.843. The van der Waals surface area contributed by atoms with Crippen LogP contribution in [0, 0.1) is 0 Å². The Bertz CT molecular complexity index is 433. The second kappa shape index (κ2) is 4.18. The number of nitrogens with two attached hydrogens (primary N) is 1. The summed E-state index contributed by atoms with van der Waals surface area (Å²) in [6.07, 6.45) is 1.10. The van der Waals surface area contributed by atoms with E-state index in [4.69, 9.17) is 10.5 Å². The Hall–Kier alpha value is -0.870. The molecular weight excluding hydrogens is 270 g/mol. The van der Waals surface area contributed by atoms with Crippen LogP contribution in [0.25, 0.3) is 0 Å². The van der Waals surface area contributed by atoms with Crippen molar-refractivity contribution in [1.82, 2.24) is 0 Å². The minimum atomic E-state index is -0.887. The normalized spacial score (nSPS) is 22.9. The zero-order valence-corrected chi connectivity index (χ0v) is 10.7. The lowest BCUT2D eigenvalue weighted by Crippen LogP contribution is -2.50. The molecule has 0 amide bonds. The van der Waals surface area contributed by atoms with E-state index in [1.807, 2.05) is 18.2 Å². The van der Waals surface area contributed by atoms with Gasteiger partial charge in [0, 0.05) is 17.3 Å². The van der Waals surface area contributed by atoms with Crippen LogP contribution in [-0.2, 0) is 22.4 Å². The Labute approximate surface area is 103 Å². The van der Waals surface area contributed by atoms with Crippen LogP contribution in [-0.4, -0.2) is 18.1 Å². The van der Waals surface area contributed by atoms with Crippen LogP contribution in [0.1, 0.15) is 18.1 Å². The molecule has 2 rings (SSSR count). The van der Waals surface area contributed by atoms with Gasteiger partial charge >= 0.3 is 5.97 Å². The van der Waals surface area contributed by atoms with E-state index in [1.165, 1.54) is 0 Å². The lowest BCUT2D eigenvalue weighted by Gasteiger charge is -2.20. The van der Waals surface area contributed by atoms with E-state index in [0.717, 1.165) is 15.6 Å². The van der Waals surface area contributed by atoms with Gasteiger partial charge in [-0.3, -0.25) is 4.79 Å². The predicted molar refractivity (Wildman–Crippen MR) is 65.1 cm³/mol. The fourth-order valence-electron chi connectivity index (χ4n) is 2.10. The number of ether oxygens (including phenoxy) is 1. The Morgan fingerprint density at radius 3 is 2.94 bits per heavy atom. The Balaban J connectivity index is 2.27. The molecule has 2 N–H and O–H groups in total. The summed E-state index contributed by atoms with van der Waals surface area (Å²) in [4.78, 5) is 11.8. The van der Waals surface area contributed by atoms with Gasteiger partial charge in [0.25, 0.3) is 0 Å². The largest absolute Gasteiger partial charge is 0.465 e. The van der Waals surface area contributed by atoms with Gasteiger partial charge in [0.05, 0.1) is 6.61 Å². The van der Waals surface area contributed by atoms with Crippen molar-refractivity contribution in [3.05, 3.63) is 33.8 Å². The molecule has 0 fully saturated rings. The van der Waals surface area contributed by atoms with Gasteiger partial charge in [-0.1, -0.05) is 28.1 Å². The first-order valence-corrected chi connectivity index (χ1v) is 6.08. The average Bonchev–Trinajstić information content (AvgIpc) is 2.58. The molecule has 1 aliphatic rings. The van der Waals surface area contributed by atoms with E-state index < -0.39 is 5.54 Å². The van der Waals surface area contributed by atoms with Gasteiger partial charge < -0.3 is 10.5 Å². The molecule has 0 aromatic heterocycles. The van der Waals surface area contributed by atoms with Crippen LogP contribution in [0.2, 0.25) is 0 Å². The Morgan fingerprint density at radius 1 is 1.56 bits per heavy atom. The number of hydrogen-bond donors (Lipinski definition) is 1. The third-order valence-corrected chi connectivity index (χ3v) is 3.64. The number of halogens is 1. The van der Waals surface area contributed by atoms with Crippen molar-refractivity contribution in [2.45, 2.75) is 25.3 Å². The molecule has 1 unspecified atom stereocenters. The number of hydrogen-bond acceptors (Lipinski definition) is 3. The zero-order valence-electron chi connectivity index (χ0n) is 9.13. The smallest absolute Gasteiger partial charge is 0.326 e. The van der Waals surface area contributed by atoms with Crippen molar-refractivity contribution in [3.63, 3.8) is 0 Å². The van der Waals surface area contributed by atoms with Crippen molar-refractivity contribution in [3.8, 4) is 0 Å². The Morgan fingerprint density at radius 2 is 2.31 bits per heavy atom. The molecule has 0 heterocycles. The molecule has 1 atom stereocenters. The highest BCUT2D eigenvalue weighted by Crippen LogP contribution is 2.34. The molecule has 1 aromatic rings. The first-order chi connectivity index (χ1) is 7.57. The summed E-state index contributed by atoms with van der Waals surface area (Å²) in [6, 6.07) is 5.93. The Kier molecular flexibility index (Phi) is 3.04. The van der Waals surface area contributed by atoms with Crippen LogP contribution in [0.5, 0.6) is 0 Å². The van der Waals surface area contributed by atoms with Crippen LogP contribution in [0.15, 0.2) is 22.7 Å². The maximum Gasteiger partial charge on any atom is 0.326 e. The van der Waals surface area contributed by atoms with Crippen molar-refractivity contribution >= 4 is 21.9 Å². The van der Waals surface area contributed by atoms with Crippen LogP contribution in [0.4, 0.5) is 0 Å². The third-order valence-electron chi connectivity index (χ3n) is 2.90. The SMILES string of the molecule is CCOC(=O)C1(N)Cc2cccc(Br)c2C1. The lowest BCUT2D eigenvalue weighted by molar-refractivity contribution is -0.149. The molecule has 0 spiro atoms. The van der Waals surface area contributed by atoms with E-state index >= 15 is 0 Å². The van der Waals surface area contributed by atoms with E-state index in [0.29, 0.717) is 19.4 Å². The molecule has 3 nitrogen and oxygen atoms in total. The van der Waals surface area contributed by atoms with Crippen LogP contribution >= 0.6 is 15.9 Å². The maximum absolute atomic E-state index is 11.8.